The van der Waals surface area contributed by atoms with Crippen molar-refractivity contribution in [3.8, 4) is 11.5 Å². The minimum atomic E-state index is -3.97. The van der Waals surface area contributed by atoms with Gasteiger partial charge in [0.1, 0.15) is 17.6 Å². The van der Waals surface area contributed by atoms with Gasteiger partial charge in [-0.15, -0.1) is 0 Å². The molecule has 44 heavy (non-hydrogen) atoms. The predicted molar refractivity (Wildman–Crippen MR) is 167 cm³/mol. The van der Waals surface area contributed by atoms with Crippen LogP contribution in [0.1, 0.15) is 19.4 Å². The first kappa shape index (κ1) is 33.5. The highest BCUT2D eigenvalue weighted by Gasteiger charge is 2.33. The van der Waals surface area contributed by atoms with Gasteiger partial charge in [-0.1, -0.05) is 18.5 Å². The number of anilines is 1. The fourth-order valence-electron chi connectivity index (χ4n) is 4.82. The largest absolute Gasteiger partial charge is 0.497 e. The molecule has 4 rings (SSSR count). The molecule has 0 radical (unpaired) electrons. The van der Waals surface area contributed by atoms with Gasteiger partial charge in [0.15, 0.2) is 0 Å². The number of sulfonamides is 2. The molecule has 0 saturated heterocycles. The van der Waals surface area contributed by atoms with Crippen LogP contribution in [0, 0.1) is 5.92 Å². The van der Waals surface area contributed by atoms with Crippen LogP contribution in [0.5, 0.6) is 11.5 Å². The quantitative estimate of drug-likeness (QED) is 0.335. The first-order valence-corrected chi connectivity index (χ1v) is 17.1. The van der Waals surface area contributed by atoms with E-state index in [1.165, 1.54) is 84.0 Å². The fourth-order valence-corrected chi connectivity index (χ4v) is 7.18. The lowest BCUT2D eigenvalue weighted by atomic mass is 10.0. The average molecular weight is 666 g/mol. The highest BCUT2D eigenvalue weighted by Crippen LogP contribution is 2.31. The average Bonchev–Trinajstić information content (AvgIpc) is 3.04. The molecule has 2 N–H and O–H groups in total. The van der Waals surface area contributed by atoms with Crippen LogP contribution >= 0.6 is 11.6 Å². The summed E-state index contributed by atoms with van der Waals surface area (Å²) in [5, 5.41) is 10.3. The second-order valence-corrected chi connectivity index (χ2v) is 14.9. The number of benzene rings is 3. The lowest BCUT2D eigenvalue weighted by Crippen LogP contribution is -2.48. The van der Waals surface area contributed by atoms with E-state index in [1.54, 1.807) is 13.0 Å². The number of hydrogen-bond donors (Lipinski definition) is 2. The van der Waals surface area contributed by atoms with Crippen molar-refractivity contribution in [2.45, 2.75) is 42.2 Å². The number of carbonyl (C=O) groups excluding carboxylic acids is 1. The number of nitrogens with one attached hydrogen (secondary N) is 1. The number of amides is 1. The second kappa shape index (κ2) is 13.7. The SMILES string of the molecule is COc1ccc(S(=O)(=O)Nc2ccc3c(c2)CC(=O)N([C@@H](C)CO)C[C@@H](C)[C@H](CN(C)S(=O)(=O)c2ccc(Cl)cc2)O3)cc1. The number of aliphatic hydroxyl groups is 1. The highest BCUT2D eigenvalue weighted by atomic mass is 35.5. The van der Waals surface area contributed by atoms with Gasteiger partial charge >= 0.3 is 0 Å². The maximum atomic E-state index is 13.5. The number of nitrogens with zero attached hydrogens (tertiary/aromatic N) is 2. The summed E-state index contributed by atoms with van der Waals surface area (Å²) >= 11 is 5.94. The number of hydrogen-bond acceptors (Lipinski definition) is 8. The Hall–Kier alpha value is -3.36. The number of rotatable bonds is 10. The van der Waals surface area contributed by atoms with Crippen molar-refractivity contribution in [2.75, 3.05) is 38.6 Å². The Labute approximate surface area is 263 Å². The summed E-state index contributed by atoms with van der Waals surface area (Å²) in [7, 11) is -4.94. The lowest BCUT2D eigenvalue weighted by Gasteiger charge is -2.33. The number of halogens is 1. The van der Waals surface area contributed by atoms with Crippen molar-refractivity contribution in [1.29, 1.82) is 0 Å². The van der Waals surface area contributed by atoms with Crippen LogP contribution in [0.25, 0.3) is 0 Å². The fraction of sp³-hybridized carbons (Fsp3) is 0.367. The zero-order chi connectivity index (χ0) is 32.2. The Bertz CT molecular complexity index is 1680. The van der Waals surface area contributed by atoms with Crippen molar-refractivity contribution in [3.63, 3.8) is 0 Å². The third-order valence-electron chi connectivity index (χ3n) is 7.50. The maximum absolute atomic E-state index is 13.5. The molecule has 0 spiro atoms. The second-order valence-electron chi connectivity index (χ2n) is 10.7. The van der Waals surface area contributed by atoms with E-state index >= 15 is 0 Å². The number of fused-ring (bicyclic) bond motifs is 1. The van der Waals surface area contributed by atoms with Crippen LogP contribution < -0.4 is 14.2 Å². The minimum absolute atomic E-state index is 0.0240. The summed E-state index contributed by atoms with van der Waals surface area (Å²) in [5.41, 5.74) is 0.617. The van der Waals surface area contributed by atoms with Gasteiger partial charge in [-0.05, 0) is 73.7 Å². The van der Waals surface area contributed by atoms with E-state index in [2.05, 4.69) is 4.72 Å². The third-order valence-corrected chi connectivity index (χ3v) is 11.0. The summed E-state index contributed by atoms with van der Waals surface area (Å²) in [4.78, 5) is 15.1. The van der Waals surface area contributed by atoms with Crippen molar-refractivity contribution in [3.05, 3.63) is 77.3 Å². The maximum Gasteiger partial charge on any atom is 0.261 e. The topological polar surface area (TPSA) is 143 Å². The zero-order valence-electron chi connectivity index (χ0n) is 24.8. The lowest BCUT2D eigenvalue weighted by molar-refractivity contribution is -0.134. The predicted octanol–water partition coefficient (Wildman–Crippen LogP) is 3.62. The zero-order valence-corrected chi connectivity index (χ0v) is 27.2. The van der Waals surface area contributed by atoms with Crippen LogP contribution in [-0.4, -0.2) is 83.1 Å². The number of aliphatic hydroxyl groups excluding tert-OH is 1. The molecule has 0 fully saturated rings. The van der Waals surface area contributed by atoms with Gasteiger partial charge in [-0.3, -0.25) is 9.52 Å². The standard InChI is InChI=1S/C30H36ClN3O8S2/c1-20-17-34(21(2)19-35)30(36)16-22-15-24(32-43(37,38)26-12-8-25(41-4)9-13-26)7-14-28(22)42-29(20)18-33(3)44(39,40)27-10-5-23(31)6-11-27/h5-15,20-21,29,32,35H,16-19H2,1-4H3/t20-,21+,29+/m1/s1. The van der Waals surface area contributed by atoms with Crippen LogP contribution in [0.2, 0.25) is 5.02 Å². The van der Waals surface area contributed by atoms with E-state index in [0.29, 0.717) is 22.1 Å². The van der Waals surface area contributed by atoms with E-state index in [0.717, 1.165) is 0 Å². The summed E-state index contributed by atoms with van der Waals surface area (Å²) in [6.45, 7) is 3.44. The summed E-state index contributed by atoms with van der Waals surface area (Å²) < 4.78 is 68.1. The van der Waals surface area contributed by atoms with Gasteiger partial charge < -0.3 is 19.5 Å². The third kappa shape index (κ3) is 7.64. The molecule has 0 aliphatic carbocycles. The summed E-state index contributed by atoms with van der Waals surface area (Å²) in [5.74, 6) is 0.184. The monoisotopic (exact) mass is 665 g/mol. The Morgan fingerprint density at radius 2 is 1.70 bits per heavy atom. The summed E-state index contributed by atoms with van der Waals surface area (Å²) in [6, 6.07) is 15.8. The molecule has 1 aliphatic heterocycles. The molecule has 0 unspecified atom stereocenters. The molecule has 238 valence electrons. The number of methoxy groups -OCH3 is 1. The van der Waals surface area contributed by atoms with Gasteiger partial charge in [0.25, 0.3) is 10.0 Å². The molecule has 0 saturated carbocycles. The molecule has 3 atom stereocenters. The molecule has 3 aromatic rings. The first-order valence-electron chi connectivity index (χ1n) is 13.8. The van der Waals surface area contributed by atoms with Crippen molar-refractivity contribution in [1.82, 2.24) is 9.21 Å². The van der Waals surface area contributed by atoms with Crippen LogP contribution in [0.4, 0.5) is 5.69 Å². The van der Waals surface area contributed by atoms with E-state index < -0.39 is 32.2 Å². The molecular formula is C30H36ClN3O8S2. The molecule has 14 heteroatoms. The molecule has 0 aromatic heterocycles. The molecule has 3 aromatic carbocycles. The summed E-state index contributed by atoms with van der Waals surface area (Å²) in [6.07, 6.45) is -0.835. The Balaban J connectivity index is 1.67. The van der Waals surface area contributed by atoms with Crippen LogP contribution in [-0.2, 0) is 31.3 Å². The Morgan fingerprint density at radius 1 is 1.07 bits per heavy atom. The molecule has 1 amide bonds. The number of ether oxygens (including phenoxy) is 2. The Morgan fingerprint density at radius 3 is 2.32 bits per heavy atom. The van der Waals surface area contributed by atoms with Gasteiger partial charge in [0.2, 0.25) is 15.9 Å². The number of carbonyl (C=O) groups is 1. The van der Waals surface area contributed by atoms with Crippen LogP contribution in [0.3, 0.4) is 0 Å². The van der Waals surface area contributed by atoms with Crippen molar-refractivity contribution in [2.24, 2.45) is 5.92 Å². The van der Waals surface area contributed by atoms with Gasteiger partial charge in [-0.2, -0.15) is 4.31 Å². The molecule has 1 heterocycles. The van der Waals surface area contributed by atoms with Gasteiger partial charge in [0.05, 0.1) is 42.5 Å². The van der Waals surface area contributed by atoms with Crippen molar-refractivity contribution >= 4 is 43.2 Å². The smallest absolute Gasteiger partial charge is 0.261 e. The normalized spacial score (nSPS) is 18.4. The highest BCUT2D eigenvalue weighted by molar-refractivity contribution is 7.92. The molecular weight excluding hydrogens is 630 g/mol. The number of likely N-dealkylation sites (N-methyl/N-ethyl adjacent to an activating group) is 1. The van der Waals surface area contributed by atoms with Gasteiger partial charge in [-0.25, -0.2) is 16.8 Å². The van der Waals surface area contributed by atoms with E-state index in [-0.39, 0.29) is 53.4 Å². The van der Waals surface area contributed by atoms with E-state index in [9.17, 15) is 26.7 Å². The van der Waals surface area contributed by atoms with E-state index in [4.69, 9.17) is 21.1 Å². The van der Waals surface area contributed by atoms with E-state index in [1.807, 2.05) is 6.92 Å². The minimum Gasteiger partial charge on any atom is -0.497 e. The van der Waals surface area contributed by atoms with Gasteiger partial charge in [0, 0.05) is 35.8 Å². The van der Waals surface area contributed by atoms with Crippen molar-refractivity contribution < 1.29 is 36.2 Å². The molecule has 1 aliphatic rings. The molecule has 0 bridgehead atoms. The van der Waals surface area contributed by atoms with Crippen LogP contribution in [0.15, 0.2) is 76.5 Å². The first-order chi connectivity index (χ1) is 20.7. The molecule has 11 nitrogen and oxygen atoms in total. The Kier molecular flexibility index (Phi) is 10.5.